The molecule has 1 aromatic heterocycles. The fraction of sp³-hybridized carbons (Fsp3) is 0.364. The lowest BCUT2D eigenvalue weighted by molar-refractivity contribution is -0.130. The molecule has 1 N–H and O–H groups in total. The summed E-state index contributed by atoms with van der Waals surface area (Å²) in [5.74, 6) is -0.484. The average Bonchev–Trinajstić information content (AvgIpc) is 2.77. The van der Waals surface area contributed by atoms with Crippen molar-refractivity contribution in [3.05, 3.63) is 65.5 Å². The van der Waals surface area contributed by atoms with Crippen molar-refractivity contribution in [3.63, 3.8) is 0 Å². The van der Waals surface area contributed by atoms with E-state index >= 15 is 0 Å². The molecule has 2 heterocycles. The normalized spacial score (nSPS) is 13.8. The van der Waals surface area contributed by atoms with E-state index in [1.54, 1.807) is 28.0 Å². The molecule has 0 aliphatic carbocycles. The Balaban J connectivity index is 1.51. The monoisotopic (exact) mass is 394 g/mol. The Labute approximate surface area is 170 Å². The van der Waals surface area contributed by atoms with E-state index in [0.29, 0.717) is 32.7 Å². The lowest BCUT2D eigenvalue weighted by Gasteiger charge is -2.34. The van der Waals surface area contributed by atoms with Gasteiger partial charge in [0.25, 0.3) is 11.8 Å². The number of nitrogens with one attached hydrogen (secondary N) is 1. The zero-order valence-electron chi connectivity index (χ0n) is 16.6. The number of nitrogens with zero attached hydrogens (tertiary/aromatic N) is 3. The first-order valence-electron chi connectivity index (χ1n) is 9.88. The molecule has 3 amide bonds. The second-order valence-electron chi connectivity index (χ2n) is 7.05. The standard InChI is InChI=1S/C22H26N4O3/c1-17(27)25-13-15-26(16-14-25)22(29)20-11-5-10-19(24-20)21(28)23-12-6-9-18-7-3-2-4-8-18/h2-5,7-8,10-11H,6,9,12-16H2,1H3,(H,23,28). The fourth-order valence-electron chi connectivity index (χ4n) is 3.30. The number of carbonyl (C=O) groups is 3. The summed E-state index contributed by atoms with van der Waals surface area (Å²) >= 11 is 0. The molecule has 1 fully saturated rings. The predicted molar refractivity (Wildman–Crippen MR) is 109 cm³/mol. The van der Waals surface area contributed by atoms with E-state index in [9.17, 15) is 14.4 Å². The van der Waals surface area contributed by atoms with Crippen LogP contribution in [0.4, 0.5) is 0 Å². The van der Waals surface area contributed by atoms with Crippen LogP contribution < -0.4 is 5.32 Å². The second-order valence-corrected chi connectivity index (χ2v) is 7.05. The zero-order chi connectivity index (χ0) is 20.6. The first-order chi connectivity index (χ1) is 14.0. The number of amides is 3. The minimum absolute atomic E-state index is 0.0150. The molecule has 29 heavy (non-hydrogen) atoms. The molecule has 0 spiro atoms. The van der Waals surface area contributed by atoms with Gasteiger partial charge in [0.2, 0.25) is 5.91 Å². The predicted octanol–water partition coefficient (Wildman–Crippen LogP) is 1.75. The summed E-state index contributed by atoms with van der Waals surface area (Å²) in [6.45, 7) is 4.04. The third-order valence-corrected chi connectivity index (χ3v) is 4.98. The molecule has 152 valence electrons. The molecule has 0 bridgehead atoms. The Bertz CT molecular complexity index is 861. The first kappa shape index (κ1) is 20.5. The quantitative estimate of drug-likeness (QED) is 0.757. The van der Waals surface area contributed by atoms with Crippen LogP contribution in [0.5, 0.6) is 0 Å². The molecule has 1 aliphatic heterocycles. The van der Waals surface area contributed by atoms with Crippen LogP contribution in [-0.2, 0) is 11.2 Å². The summed E-state index contributed by atoms with van der Waals surface area (Å²) in [6.07, 6.45) is 1.72. The molecule has 1 aromatic carbocycles. The van der Waals surface area contributed by atoms with Gasteiger partial charge in [-0.1, -0.05) is 36.4 Å². The molecule has 2 aromatic rings. The number of piperazine rings is 1. The third-order valence-electron chi connectivity index (χ3n) is 4.98. The first-order valence-corrected chi connectivity index (χ1v) is 9.88. The van der Waals surface area contributed by atoms with Crippen molar-refractivity contribution >= 4 is 17.7 Å². The summed E-state index contributed by atoms with van der Waals surface area (Å²) in [5, 5.41) is 2.86. The van der Waals surface area contributed by atoms with Gasteiger partial charge in [-0.2, -0.15) is 0 Å². The maximum Gasteiger partial charge on any atom is 0.272 e. The number of hydrogen-bond acceptors (Lipinski definition) is 4. The van der Waals surface area contributed by atoms with E-state index in [0.717, 1.165) is 12.8 Å². The van der Waals surface area contributed by atoms with E-state index in [1.165, 1.54) is 12.5 Å². The number of pyridine rings is 1. The Hall–Kier alpha value is -3.22. The number of rotatable bonds is 6. The van der Waals surface area contributed by atoms with Crippen molar-refractivity contribution in [3.8, 4) is 0 Å². The van der Waals surface area contributed by atoms with Crippen LogP contribution in [0.25, 0.3) is 0 Å². The third kappa shape index (κ3) is 5.63. The highest BCUT2D eigenvalue weighted by molar-refractivity contribution is 5.96. The van der Waals surface area contributed by atoms with Gasteiger partial charge in [-0.05, 0) is 30.5 Å². The molecule has 0 radical (unpaired) electrons. The van der Waals surface area contributed by atoms with Crippen molar-refractivity contribution < 1.29 is 14.4 Å². The molecule has 7 nitrogen and oxygen atoms in total. The van der Waals surface area contributed by atoms with Crippen molar-refractivity contribution in [2.24, 2.45) is 0 Å². The van der Waals surface area contributed by atoms with E-state index in [-0.39, 0.29) is 29.1 Å². The molecule has 1 aliphatic rings. The number of aryl methyl sites for hydroxylation is 1. The topological polar surface area (TPSA) is 82.6 Å². The maximum absolute atomic E-state index is 12.7. The summed E-state index contributed by atoms with van der Waals surface area (Å²) < 4.78 is 0. The van der Waals surface area contributed by atoms with Crippen LogP contribution in [0.3, 0.4) is 0 Å². The lowest BCUT2D eigenvalue weighted by Crippen LogP contribution is -2.50. The van der Waals surface area contributed by atoms with Crippen LogP contribution >= 0.6 is 0 Å². The largest absolute Gasteiger partial charge is 0.351 e. The van der Waals surface area contributed by atoms with Gasteiger partial charge in [-0.15, -0.1) is 0 Å². The summed E-state index contributed by atoms with van der Waals surface area (Å²) in [4.78, 5) is 44.1. The number of aromatic nitrogens is 1. The lowest BCUT2D eigenvalue weighted by atomic mass is 10.1. The van der Waals surface area contributed by atoms with Crippen LogP contribution in [0.1, 0.15) is 39.9 Å². The summed E-state index contributed by atoms with van der Waals surface area (Å²) in [5.41, 5.74) is 1.72. The maximum atomic E-state index is 12.7. The van der Waals surface area contributed by atoms with Crippen LogP contribution in [-0.4, -0.2) is 65.2 Å². The molecule has 7 heteroatoms. The van der Waals surface area contributed by atoms with Gasteiger partial charge in [0.15, 0.2) is 0 Å². The van der Waals surface area contributed by atoms with E-state index in [1.807, 2.05) is 18.2 Å². The highest BCUT2D eigenvalue weighted by Gasteiger charge is 2.24. The van der Waals surface area contributed by atoms with Crippen LogP contribution in [0, 0.1) is 0 Å². The summed E-state index contributed by atoms with van der Waals surface area (Å²) in [6, 6.07) is 15.0. The van der Waals surface area contributed by atoms with Crippen molar-refractivity contribution in [1.82, 2.24) is 20.1 Å². The van der Waals surface area contributed by atoms with Gasteiger partial charge in [0.1, 0.15) is 11.4 Å². The minimum atomic E-state index is -0.283. The Morgan fingerprint density at radius 2 is 1.55 bits per heavy atom. The van der Waals surface area contributed by atoms with Gasteiger partial charge in [-0.25, -0.2) is 4.98 Å². The van der Waals surface area contributed by atoms with E-state index in [4.69, 9.17) is 0 Å². The second kappa shape index (κ2) is 9.82. The van der Waals surface area contributed by atoms with Gasteiger partial charge in [0.05, 0.1) is 0 Å². The highest BCUT2D eigenvalue weighted by atomic mass is 16.2. The molecular formula is C22H26N4O3. The van der Waals surface area contributed by atoms with E-state index in [2.05, 4.69) is 22.4 Å². The number of carbonyl (C=O) groups excluding carboxylic acids is 3. The van der Waals surface area contributed by atoms with Crippen molar-refractivity contribution in [2.45, 2.75) is 19.8 Å². The minimum Gasteiger partial charge on any atom is -0.351 e. The van der Waals surface area contributed by atoms with Crippen molar-refractivity contribution in [1.29, 1.82) is 0 Å². The number of benzene rings is 1. The Kier molecular flexibility index (Phi) is 6.94. The fourth-order valence-corrected chi connectivity index (χ4v) is 3.30. The number of hydrogen-bond donors (Lipinski definition) is 1. The summed E-state index contributed by atoms with van der Waals surface area (Å²) in [7, 11) is 0. The zero-order valence-corrected chi connectivity index (χ0v) is 16.6. The molecule has 3 rings (SSSR count). The molecule has 0 saturated carbocycles. The van der Waals surface area contributed by atoms with Gasteiger partial charge in [-0.3, -0.25) is 14.4 Å². The smallest absolute Gasteiger partial charge is 0.272 e. The average molecular weight is 394 g/mol. The van der Waals surface area contributed by atoms with Crippen molar-refractivity contribution in [2.75, 3.05) is 32.7 Å². The Morgan fingerprint density at radius 3 is 2.24 bits per heavy atom. The van der Waals surface area contributed by atoms with Gasteiger partial charge >= 0.3 is 0 Å². The van der Waals surface area contributed by atoms with Gasteiger partial charge < -0.3 is 15.1 Å². The SMILES string of the molecule is CC(=O)N1CCN(C(=O)c2cccc(C(=O)NCCCc3ccccc3)n2)CC1. The van der Waals surface area contributed by atoms with Crippen LogP contribution in [0.15, 0.2) is 48.5 Å². The van der Waals surface area contributed by atoms with E-state index < -0.39 is 0 Å². The Morgan fingerprint density at radius 1 is 0.897 bits per heavy atom. The molecule has 0 atom stereocenters. The van der Waals surface area contributed by atoms with Gasteiger partial charge in [0, 0.05) is 39.6 Å². The molecule has 1 saturated heterocycles. The molecule has 0 unspecified atom stereocenters. The highest BCUT2D eigenvalue weighted by Crippen LogP contribution is 2.09. The molecular weight excluding hydrogens is 368 g/mol. The van der Waals surface area contributed by atoms with Crippen LogP contribution in [0.2, 0.25) is 0 Å².